The molecule has 0 bridgehead atoms. The van der Waals surface area contributed by atoms with Gasteiger partial charge in [-0.3, -0.25) is 0 Å². The number of nitrogens with one attached hydrogen (secondary N) is 1. The van der Waals surface area contributed by atoms with Gasteiger partial charge < -0.3 is 24.4 Å². The molecule has 0 saturated carbocycles. The lowest BCUT2D eigenvalue weighted by molar-refractivity contribution is 0.122. The zero-order chi connectivity index (χ0) is 23.2. The molecule has 1 fully saturated rings. The third kappa shape index (κ3) is 6.02. The van der Waals surface area contributed by atoms with Crippen LogP contribution in [0.15, 0.2) is 54.6 Å². The smallest absolute Gasteiger partial charge is 0.163 e. The van der Waals surface area contributed by atoms with Gasteiger partial charge in [-0.05, 0) is 48.0 Å². The van der Waals surface area contributed by atoms with Crippen LogP contribution >= 0.6 is 23.2 Å². The first-order chi connectivity index (χ1) is 16.0. The predicted octanol–water partition coefficient (Wildman–Crippen LogP) is 6.17. The van der Waals surface area contributed by atoms with Crippen LogP contribution in [-0.2, 0) is 17.9 Å². The third-order valence-corrected chi connectivity index (χ3v) is 6.16. The van der Waals surface area contributed by atoms with Crippen molar-refractivity contribution < 1.29 is 18.6 Å². The number of methoxy groups -OCH3 is 1. The van der Waals surface area contributed by atoms with Crippen LogP contribution in [0.5, 0.6) is 11.5 Å². The number of hydrogen-bond acceptors (Lipinski definition) is 5. The molecule has 33 heavy (non-hydrogen) atoms. The van der Waals surface area contributed by atoms with Crippen LogP contribution in [0.1, 0.15) is 11.1 Å². The molecule has 8 heteroatoms. The standard InChI is InChI=1S/C25H25Cl2FN2O3/c1-31-24-12-18(15-29-20-4-6-21(7-5-20)30-8-10-32-11-9-30)23(27)14-25(24)33-16-17-2-3-19(28)13-22(17)26/h2-7,12-14,29H,8-11,15-16H2,1H3. The van der Waals surface area contributed by atoms with Crippen LogP contribution in [0.3, 0.4) is 0 Å². The molecule has 4 rings (SSSR count). The number of rotatable bonds is 8. The first-order valence-electron chi connectivity index (χ1n) is 10.6. The second-order valence-corrected chi connectivity index (χ2v) is 8.43. The van der Waals surface area contributed by atoms with Crippen LogP contribution in [0.25, 0.3) is 0 Å². The Hall–Kier alpha value is -2.67. The van der Waals surface area contributed by atoms with E-state index in [1.807, 2.05) is 6.07 Å². The molecule has 1 aliphatic heterocycles. The van der Waals surface area contributed by atoms with Crippen molar-refractivity contribution in [3.05, 3.63) is 81.6 Å². The molecule has 0 aliphatic carbocycles. The fourth-order valence-corrected chi connectivity index (χ4v) is 4.03. The van der Waals surface area contributed by atoms with Gasteiger partial charge >= 0.3 is 0 Å². The fraction of sp³-hybridized carbons (Fsp3) is 0.280. The van der Waals surface area contributed by atoms with Crippen molar-refractivity contribution in [2.45, 2.75) is 13.2 Å². The van der Waals surface area contributed by atoms with Gasteiger partial charge in [0.2, 0.25) is 0 Å². The van der Waals surface area contributed by atoms with Crippen molar-refractivity contribution in [3.8, 4) is 11.5 Å². The van der Waals surface area contributed by atoms with Crippen molar-refractivity contribution in [2.24, 2.45) is 0 Å². The van der Waals surface area contributed by atoms with E-state index in [0.717, 1.165) is 37.6 Å². The topological polar surface area (TPSA) is 43.0 Å². The normalized spacial score (nSPS) is 13.6. The number of halogens is 3. The molecule has 0 amide bonds. The molecule has 5 nitrogen and oxygen atoms in total. The minimum Gasteiger partial charge on any atom is -0.493 e. The summed E-state index contributed by atoms with van der Waals surface area (Å²) < 4.78 is 30.0. The highest BCUT2D eigenvalue weighted by Crippen LogP contribution is 2.35. The van der Waals surface area contributed by atoms with Crippen LogP contribution in [0.4, 0.5) is 15.8 Å². The van der Waals surface area contributed by atoms with E-state index in [2.05, 4.69) is 34.5 Å². The molecule has 3 aromatic rings. The van der Waals surface area contributed by atoms with Gasteiger partial charge in [0.05, 0.1) is 25.3 Å². The molecule has 0 spiro atoms. The first kappa shape index (κ1) is 23.5. The van der Waals surface area contributed by atoms with Crippen molar-refractivity contribution in [1.29, 1.82) is 0 Å². The Morgan fingerprint density at radius 1 is 0.939 bits per heavy atom. The van der Waals surface area contributed by atoms with Crippen molar-refractivity contribution in [3.63, 3.8) is 0 Å². The molecule has 174 valence electrons. The Bertz CT molecular complexity index is 1090. The van der Waals surface area contributed by atoms with E-state index in [9.17, 15) is 4.39 Å². The number of nitrogens with zero attached hydrogens (tertiary/aromatic N) is 1. The quantitative estimate of drug-likeness (QED) is 0.408. The minimum atomic E-state index is -0.392. The fourth-order valence-electron chi connectivity index (χ4n) is 3.59. The molecule has 0 atom stereocenters. The SMILES string of the molecule is COc1cc(CNc2ccc(N3CCOCC3)cc2)c(Cl)cc1OCc1ccc(F)cc1Cl. The first-order valence-corrected chi connectivity index (χ1v) is 11.4. The Balaban J connectivity index is 1.40. The second-order valence-electron chi connectivity index (χ2n) is 7.62. The summed E-state index contributed by atoms with van der Waals surface area (Å²) in [6.07, 6.45) is 0. The van der Waals surface area contributed by atoms with Gasteiger partial charge in [-0.25, -0.2) is 4.39 Å². The molecule has 1 heterocycles. The zero-order valence-corrected chi connectivity index (χ0v) is 19.8. The number of morpholine rings is 1. The molecule has 0 aromatic heterocycles. The highest BCUT2D eigenvalue weighted by Gasteiger charge is 2.13. The van der Waals surface area contributed by atoms with E-state index in [4.69, 9.17) is 37.4 Å². The lowest BCUT2D eigenvalue weighted by atomic mass is 10.1. The van der Waals surface area contributed by atoms with E-state index in [1.54, 1.807) is 19.2 Å². The number of hydrogen-bond donors (Lipinski definition) is 1. The van der Waals surface area contributed by atoms with Crippen molar-refractivity contribution >= 4 is 34.6 Å². The summed E-state index contributed by atoms with van der Waals surface area (Å²) in [5.74, 6) is 0.649. The largest absolute Gasteiger partial charge is 0.493 e. The maximum absolute atomic E-state index is 13.3. The average Bonchev–Trinajstić information content (AvgIpc) is 2.84. The van der Waals surface area contributed by atoms with Gasteiger partial charge in [0, 0.05) is 47.7 Å². The van der Waals surface area contributed by atoms with Gasteiger partial charge in [-0.2, -0.15) is 0 Å². The van der Waals surface area contributed by atoms with E-state index in [0.29, 0.717) is 33.7 Å². The van der Waals surface area contributed by atoms with Crippen LogP contribution in [0.2, 0.25) is 10.0 Å². The molecule has 1 aliphatic rings. The molecular weight excluding hydrogens is 466 g/mol. The average molecular weight is 491 g/mol. The van der Waals surface area contributed by atoms with E-state index in [1.165, 1.54) is 17.8 Å². The van der Waals surface area contributed by atoms with Crippen molar-refractivity contribution in [1.82, 2.24) is 0 Å². The van der Waals surface area contributed by atoms with Gasteiger partial charge in [0.1, 0.15) is 12.4 Å². The van der Waals surface area contributed by atoms with E-state index < -0.39 is 5.82 Å². The highest BCUT2D eigenvalue weighted by molar-refractivity contribution is 6.31. The van der Waals surface area contributed by atoms with Crippen molar-refractivity contribution in [2.75, 3.05) is 43.6 Å². The lowest BCUT2D eigenvalue weighted by Crippen LogP contribution is -2.36. The summed E-state index contributed by atoms with van der Waals surface area (Å²) in [5, 5.41) is 4.25. The van der Waals surface area contributed by atoms with Crippen LogP contribution in [-0.4, -0.2) is 33.4 Å². The summed E-state index contributed by atoms with van der Waals surface area (Å²) in [4.78, 5) is 2.31. The summed E-state index contributed by atoms with van der Waals surface area (Å²) in [7, 11) is 1.57. The summed E-state index contributed by atoms with van der Waals surface area (Å²) in [6.45, 7) is 4.02. The lowest BCUT2D eigenvalue weighted by Gasteiger charge is -2.29. The third-order valence-electron chi connectivity index (χ3n) is 5.46. The van der Waals surface area contributed by atoms with Gasteiger partial charge in [-0.1, -0.05) is 29.3 Å². The molecule has 0 unspecified atom stereocenters. The second kappa shape index (κ2) is 11.0. The van der Waals surface area contributed by atoms with Crippen LogP contribution < -0.4 is 19.7 Å². The molecule has 0 radical (unpaired) electrons. The van der Waals surface area contributed by atoms with E-state index in [-0.39, 0.29) is 6.61 Å². The van der Waals surface area contributed by atoms with E-state index >= 15 is 0 Å². The zero-order valence-electron chi connectivity index (χ0n) is 18.2. The Labute approximate surface area is 203 Å². The molecule has 1 saturated heterocycles. The Morgan fingerprint density at radius 3 is 2.36 bits per heavy atom. The monoisotopic (exact) mass is 490 g/mol. The van der Waals surface area contributed by atoms with Gasteiger partial charge in [-0.15, -0.1) is 0 Å². The highest BCUT2D eigenvalue weighted by atomic mass is 35.5. The molecular formula is C25H25Cl2FN2O3. The maximum Gasteiger partial charge on any atom is 0.163 e. The predicted molar refractivity (Wildman–Crippen MR) is 131 cm³/mol. The molecule has 3 aromatic carbocycles. The van der Waals surface area contributed by atoms with Gasteiger partial charge in [0.25, 0.3) is 0 Å². The maximum atomic E-state index is 13.3. The Morgan fingerprint density at radius 2 is 1.67 bits per heavy atom. The Kier molecular flexibility index (Phi) is 7.81. The molecule has 1 N–H and O–H groups in total. The summed E-state index contributed by atoms with van der Waals surface area (Å²) in [6, 6.07) is 16.1. The number of benzene rings is 3. The van der Waals surface area contributed by atoms with Crippen LogP contribution in [0, 0.1) is 5.82 Å². The van der Waals surface area contributed by atoms with Gasteiger partial charge in [0.15, 0.2) is 11.5 Å². The number of anilines is 2. The summed E-state index contributed by atoms with van der Waals surface area (Å²) in [5.41, 5.74) is 3.72. The minimum absolute atomic E-state index is 0.166. The summed E-state index contributed by atoms with van der Waals surface area (Å²) >= 11 is 12.6. The number of ether oxygens (including phenoxy) is 3.